The Bertz CT molecular complexity index is 2410. The molecule has 0 bridgehead atoms. The van der Waals surface area contributed by atoms with Crippen molar-refractivity contribution in [1.29, 1.82) is 0 Å². The van der Waals surface area contributed by atoms with E-state index in [-0.39, 0.29) is 118 Å². The Labute approximate surface area is 362 Å². The number of nitrogens with zero attached hydrogens (tertiary/aromatic N) is 6. The number of thiazole rings is 2. The van der Waals surface area contributed by atoms with Crippen LogP contribution in [0.15, 0.2) is 59.0 Å². The predicted octanol–water partition coefficient (Wildman–Crippen LogP) is -1.33. The van der Waals surface area contributed by atoms with Crippen LogP contribution < -0.4 is 117 Å². The average Bonchev–Trinajstić information content (AvgIpc) is 3.50. The third-order valence-electron chi connectivity index (χ3n) is 5.60. The third kappa shape index (κ3) is 9.80. The van der Waals surface area contributed by atoms with Gasteiger partial charge in [0, 0.05) is 24.0 Å². The van der Waals surface area contributed by atoms with Crippen LogP contribution in [0.25, 0.3) is 20.4 Å². The zero-order valence-corrected chi connectivity index (χ0v) is 35.8. The molecule has 2 heterocycles. The molecule has 1 unspecified atom stereocenters. The smallest absolute Gasteiger partial charge is 0.546 e. The Hall–Kier alpha value is 0.233. The van der Waals surface area contributed by atoms with Crippen molar-refractivity contribution in [2.75, 3.05) is 0 Å². The zero-order chi connectivity index (χ0) is 34.2. The number of alkyl halides is 5. The van der Waals surface area contributed by atoms with Gasteiger partial charge in [0.15, 0.2) is 0 Å². The summed E-state index contributed by atoms with van der Waals surface area (Å²) < 4.78 is 163. The SMILES string of the molecule is CCn1/c(=N\N=c2\sc3cc(S(=O)(=O)N=S(=O)(OF)C(F)F)ccc3n2CC)sc2cc(O[S-](=O)=NS(=O)(=O)C(F)(F)F)ccc21.[K+].[K+]. The quantitative estimate of drug-likeness (QED) is 0.0815. The second kappa shape index (κ2) is 17.4. The maximum atomic E-state index is 12.9. The topological polar surface area (TPSA) is 180 Å². The molecule has 0 saturated heterocycles. The fraction of sp³-hybridized carbons (Fsp3) is 0.300. The standard InChI is InChI=1S/C20H17F6N6O8S6.2K/c1-3-31-13-7-5-11(39-43(33)29-46(37,38)20(23,24)25)9-15(13)41-18(31)27-28-19-32(4-2)14-8-6-12(10-16(14)42-19)44(34,35)30-45(36,40-26)17(21)22;;/h5-10,17H,3-4H2,1-2H3;;/q-1;2*+1/b27-18+,28-19+;;. The first-order chi connectivity index (χ1) is 21.4. The Kier molecular flexibility index (Phi) is 16.1. The van der Waals surface area contributed by atoms with Gasteiger partial charge in [0.05, 0.1) is 25.3 Å². The molecule has 2 aromatic carbocycles. The fourth-order valence-electron chi connectivity index (χ4n) is 3.64. The molecule has 4 aromatic rings. The molecule has 0 aliphatic rings. The van der Waals surface area contributed by atoms with Crippen LogP contribution in [0.3, 0.4) is 0 Å². The minimum Gasteiger partial charge on any atom is -0.546 e. The van der Waals surface area contributed by atoms with Crippen molar-refractivity contribution in [1.82, 2.24) is 9.13 Å². The number of sulfonamides is 2. The molecular formula is C20H17F6K2N6O8S6+. The summed E-state index contributed by atoms with van der Waals surface area (Å²) in [5.41, 5.74) is -4.76. The van der Waals surface area contributed by atoms with Crippen LogP contribution in [-0.4, -0.2) is 41.4 Å². The molecular weight excluding hydrogens is 837 g/mol. The Morgan fingerprint density at radius 3 is 1.83 bits per heavy atom. The molecule has 1 atom stereocenters. The summed E-state index contributed by atoms with van der Waals surface area (Å²) in [5, 5.41) is 8.51. The van der Waals surface area contributed by atoms with Crippen LogP contribution in [0, 0.1) is 0 Å². The number of aromatic nitrogens is 2. The van der Waals surface area contributed by atoms with Crippen molar-refractivity contribution < 1.29 is 163 Å². The summed E-state index contributed by atoms with van der Waals surface area (Å²) in [5.74, 6) is -4.30. The van der Waals surface area contributed by atoms with E-state index in [0.29, 0.717) is 33.6 Å². The summed E-state index contributed by atoms with van der Waals surface area (Å²) in [6.45, 7) is 4.18. The maximum Gasteiger partial charge on any atom is 1.00 e. The molecule has 0 saturated carbocycles. The number of benzene rings is 2. The van der Waals surface area contributed by atoms with Gasteiger partial charge in [-0.2, -0.15) is 38.8 Å². The van der Waals surface area contributed by atoms with Crippen LogP contribution in [0.1, 0.15) is 13.8 Å². The molecule has 2 aromatic heterocycles. The summed E-state index contributed by atoms with van der Waals surface area (Å²) in [6.07, 6.45) is 0. The van der Waals surface area contributed by atoms with Gasteiger partial charge in [-0.05, 0) is 54.8 Å². The van der Waals surface area contributed by atoms with E-state index < -0.39 is 57.1 Å². The molecule has 0 spiro atoms. The van der Waals surface area contributed by atoms with E-state index in [1.807, 2.05) is 0 Å². The van der Waals surface area contributed by atoms with E-state index in [0.717, 1.165) is 34.8 Å². The summed E-state index contributed by atoms with van der Waals surface area (Å²) in [4.78, 5) is -0.121. The summed E-state index contributed by atoms with van der Waals surface area (Å²) >= 11 is 1.97. The van der Waals surface area contributed by atoms with Gasteiger partial charge in [0.1, 0.15) is 5.75 Å². The van der Waals surface area contributed by atoms with Crippen LogP contribution >= 0.6 is 22.7 Å². The molecule has 0 aliphatic heterocycles. The molecule has 0 amide bonds. The van der Waals surface area contributed by atoms with E-state index >= 15 is 0 Å². The number of hydrogen-bond acceptors (Lipinski definition) is 13. The van der Waals surface area contributed by atoms with Gasteiger partial charge in [-0.1, -0.05) is 30.8 Å². The molecule has 28 heteroatoms. The van der Waals surface area contributed by atoms with Crippen molar-refractivity contribution in [3.8, 4) is 5.75 Å². The number of aryl methyl sites for hydroxylation is 2. The van der Waals surface area contributed by atoms with E-state index in [4.69, 9.17) is 4.18 Å². The first-order valence-corrected chi connectivity index (χ1v) is 19.0. The van der Waals surface area contributed by atoms with E-state index in [2.05, 4.69) is 22.1 Å². The maximum absolute atomic E-state index is 12.9. The number of hydrogen-bond donors (Lipinski definition) is 0. The van der Waals surface area contributed by atoms with Crippen LogP contribution in [0.4, 0.5) is 26.5 Å². The third-order valence-corrected chi connectivity index (χ3v) is 12.9. The van der Waals surface area contributed by atoms with Crippen molar-refractivity contribution in [2.45, 2.75) is 43.1 Å². The predicted molar refractivity (Wildman–Crippen MR) is 154 cm³/mol. The summed E-state index contributed by atoms with van der Waals surface area (Å²) in [6, 6.07) is 7.29. The van der Waals surface area contributed by atoms with Gasteiger partial charge < -0.3 is 17.5 Å². The zero-order valence-electron chi connectivity index (χ0n) is 24.6. The van der Waals surface area contributed by atoms with Crippen LogP contribution in [0.5, 0.6) is 5.75 Å². The molecule has 48 heavy (non-hydrogen) atoms. The normalized spacial score (nSPS) is 15.4. The van der Waals surface area contributed by atoms with Gasteiger partial charge in [0.25, 0.3) is 20.0 Å². The monoisotopic (exact) mass is 853 g/mol. The molecule has 254 valence electrons. The number of fused-ring (bicyclic) bond motifs is 2. The Morgan fingerprint density at radius 2 is 1.38 bits per heavy atom. The average molecular weight is 854 g/mol. The van der Waals surface area contributed by atoms with Crippen molar-refractivity contribution in [3.63, 3.8) is 0 Å². The van der Waals surface area contributed by atoms with E-state index in [9.17, 15) is 51.7 Å². The Morgan fingerprint density at radius 1 is 0.875 bits per heavy atom. The largest absolute Gasteiger partial charge is 1.00 e. The van der Waals surface area contributed by atoms with Gasteiger partial charge in [0.2, 0.25) is 9.60 Å². The first kappa shape index (κ1) is 44.4. The van der Waals surface area contributed by atoms with Crippen molar-refractivity contribution in [3.05, 3.63) is 46.0 Å². The number of rotatable bonds is 10. The summed E-state index contributed by atoms with van der Waals surface area (Å²) in [7, 11) is -19.8. The molecule has 14 nitrogen and oxygen atoms in total. The minimum atomic E-state index is -6.06. The van der Waals surface area contributed by atoms with Crippen molar-refractivity contribution >= 4 is 84.0 Å². The molecule has 4 rings (SSSR count). The van der Waals surface area contributed by atoms with Gasteiger partial charge >= 0.3 is 124 Å². The van der Waals surface area contributed by atoms with Gasteiger partial charge in [-0.3, -0.25) is 0 Å². The van der Waals surface area contributed by atoms with Gasteiger partial charge in [-0.25, -0.2) is 7.98 Å². The van der Waals surface area contributed by atoms with Crippen molar-refractivity contribution in [2.24, 2.45) is 17.7 Å². The minimum absolute atomic E-state index is 0. The fourth-order valence-corrected chi connectivity index (χ4v) is 9.60. The second-order valence-corrected chi connectivity index (χ2v) is 16.6. The van der Waals surface area contributed by atoms with Crippen LogP contribution in [0.2, 0.25) is 0 Å². The molecule has 0 N–H and O–H groups in total. The first-order valence-electron chi connectivity index (χ1n) is 12.0. The second-order valence-electron chi connectivity index (χ2n) is 8.40. The molecule has 0 aliphatic carbocycles. The molecule has 0 radical (unpaired) electrons. The number of halogens is 6. The van der Waals surface area contributed by atoms with Crippen LogP contribution in [-0.2, 0) is 62.6 Å². The van der Waals surface area contributed by atoms with Gasteiger partial charge in [-0.15, -0.1) is 10.2 Å². The van der Waals surface area contributed by atoms with E-state index in [1.54, 1.807) is 23.0 Å². The Balaban J connectivity index is 0.00000400. The molecule has 0 fully saturated rings. The van der Waals surface area contributed by atoms with E-state index in [1.165, 1.54) is 24.3 Å².